The Morgan fingerprint density at radius 3 is 2.41 bits per heavy atom. The highest BCUT2D eigenvalue weighted by Gasteiger charge is 2.47. The van der Waals surface area contributed by atoms with Crippen molar-refractivity contribution in [2.75, 3.05) is 19.1 Å². The first-order chi connectivity index (χ1) is 15.5. The lowest BCUT2D eigenvalue weighted by Gasteiger charge is -2.44. The normalized spacial score (nSPS) is 17.5. The van der Waals surface area contributed by atoms with Gasteiger partial charge in [-0.15, -0.1) is 0 Å². The molecule has 0 spiro atoms. The summed E-state index contributed by atoms with van der Waals surface area (Å²) in [6.45, 7) is 2.16. The van der Waals surface area contributed by atoms with E-state index < -0.39 is 5.54 Å². The number of anilines is 1. The molecule has 1 aliphatic rings. The van der Waals surface area contributed by atoms with Gasteiger partial charge >= 0.3 is 0 Å². The number of fused-ring (bicyclic) bond motifs is 1. The lowest BCUT2D eigenvalue weighted by atomic mass is 9.82. The van der Waals surface area contributed by atoms with Crippen molar-refractivity contribution in [1.29, 1.82) is 0 Å². The predicted octanol–water partition coefficient (Wildman–Crippen LogP) is 3.98. The average Bonchev–Trinajstić information content (AvgIpc) is 2.83. The van der Waals surface area contributed by atoms with Crippen molar-refractivity contribution in [3.8, 4) is 11.5 Å². The van der Waals surface area contributed by atoms with E-state index in [2.05, 4.69) is 5.32 Å². The Hall–Kier alpha value is -3.80. The highest BCUT2D eigenvalue weighted by atomic mass is 16.5. The molecule has 0 saturated carbocycles. The zero-order valence-corrected chi connectivity index (χ0v) is 18.4. The van der Waals surface area contributed by atoms with Crippen molar-refractivity contribution in [3.63, 3.8) is 0 Å². The lowest BCUT2D eigenvalue weighted by Crippen LogP contribution is -2.63. The van der Waals surface area contributed by atoms with Crippen LogP contribution in [-0.2, 0) is 17.8 Å². The van der Waals surface area contributed by atoms with Gasteiger partial charge in [0.25, 0.3) is 5.91 Å². The summed E-state index contributed by atoms with van der Waals surface area (Å²) >= 11 is 0. The molecule has 0 saturated heterocycles. The Balaban J connectivity index is 1.68. The number of nitrogens with one attached hydrogen (secondary N) is 1. The summed E-state index contributed by atoms with van der Waals surface area (Å²) in [7, 11) is 3.19. The monoisotopic (exact) mass is 430 g/mol. The van der Waals surface area contributed by atoms with Crippen LogP contribution in [0.3, 0.4) is 0 Å². The summed E-state index contributed by atoms with van der Waals surface area (Å²) in [4.78, 5) is 28.7. The number of benzene rings is 3. The number of methoxy groups -OCH3 is 2. The van der Waals surface area contributed by atoms with Crippen LogP contribution >= 0.6 is 0 Å². The minimum Gasteiger partial charge on any atom is -0.497 e. The predicted molar refractivity (Wildman–Crippen MR) is 123 cm³/mol. The van der Waals surface area contributed by atoms with Gasteiger partial charge in [0, 0.05) is 30.3 Å². The molecule has 1 atom stereocenters. The maximum Gasteiger partial charge on any atom is 0.259 e. The van der Waals surface area contributed by atoms with Gasteiger partial charge in [-0.25, -0.2) is 0 Å². The first-order valence-electron chi connectivity index (χ1n) is 10.4. The van der Waals surface area contributed by atoms with Crippen molar-refractivity contribution >= 4 is 17.5 Å². The second-order valence-corrected chi connectivity index (χ2v) is 7.98. The Kier molecular flexibility index (Phi) is 5.86. The Bertz CT molecular complexity index is 1140. The second-order valence-electron chi connectivity index (χ2n) is 7.98. The molecule has 3 aromatic carbocycles. The molecule has 1 heterocycles. The molecular weight excluding hydrogens is 404 g/mol. The number of carbonyl (C=O) groups excluding carboxylic acids is 2. The molecule has 0 aromatic heterocycles. The van der Waals surface area contributed by atoms with Gasteiger partial charge in [0.15, 0.2) is 0 Å². The Labute approximate surface area is 187 Å². The fraction of sp³-hybridized carbons (Fsp3) is 0.231. The Morgan fingerprint density at radius 2 is 1.69 bits per heavy atom. The number of ether oxygens (including phenoxy) is 2. The molecule has 0 radical (unpaired) electrons. The molecule has 1 aliphatic heterocycles. The summed E-state index contributed by atoms with van der Waals surface area (Å²) in [6, 6.07) is 22.2. The van der Waals surface area contributed by atoms with Crippen LogP contribution in [0.15, 0.2) is 72.8 Å². The van der Waals surface area contributed by atoms with E-state index in [0.29, 0.717) is 30.0 Å². The maximum atomic E-state index is 13.6. The summed E-state index contributed by atoms with van der Waals surface area (Å²) < 4.78 is 10.5. The van der Waals surface area contributed by atoms with Gasteiger partial charge in [0.2, 0.25) is 5.91 Å². The molecule has 3 aromatic rings. The van der Waals surface area contributed by atoms with Crippen LogP contribution in [0.25, 0.3) is 0 Å². The molecule has 1 unspecified atom stereocenters. The summed E-state index contributed by atoms with van der Waals surface area (Å²) in [5.41, 5.74) is 1.92. The highest BCUT2D eigenvalue weighted by molar-refractivity contribution is 6.14. The van der Waals surface area contributed by atoms with E-state index in [1.54, 1.807) is 31.3 Å². The molecular formula is C26H26N2O4. The van der Waals surface area contributed by atoms with Crippen molar-refractivity contribution in [3.05, 3.63) is 89.5 Å². The first kappa shape index (κ1) is 21.4. The van der Waals surface area contributed by atoms with E-state index >= 15 is 0 Å². The second kappa shape index (κ2) is 8.75. The van der Waals surface area contributed by atoms with Crippen LogP contribution in [0.4, 0.5) is 5.69 Å². The number of rotatable bonds is 6. The number of hydrogen-bond acceptors (Lipinski definition) is 4. The van der Waals surface area contributed by atoms with E-state index in [4.69, 9.17) is 9.47 Å². The summed E-state index contributed by atoms with van der Waals surface area (Å²) in [5, 5.41) is 3.02. The zero-order chi connectivity index (χ0) is 22.7. The van der Waals surface area contributed by atoms with Crippen LogP contribution in [-0.4, -0.2) is 31.6 Å². The van der Waals surface area contributed by atoms with Crippen LogP contribution in [0, 0.1) is 0 Å². The van der Waals surface area contributed by atoms with Crippen LogP contribution in [0.1, 0.15) is 28.4 Å². The number of nitrogens with zero attached hydrogens (tertiary/aromatic N) is 1. The number of amides is 2. The van der Waals surface area contributed by atoms with Crippen LogP contribution < -0.4 is 19.7 Å². The molecule has 6 heteroatoms. The smallest absolute Gasteiger partial charge is 0.259 e. The van der Waals surface area contributed by atoms with E-state index in [9.17, 15) is 9.59 Å². The van der Waals surface area contributed by atoms with Gasteiger partial charge in [0.05, 0.1) is 14.2 Å². The molecule has 0 bridgehead atoms. The third-order valence-corrected chi connectivity index (χ3v) is 5.89. The minimum absolute atomic E-state index is 0.206. The van der Waals surface area contributed by atoms with Gasteiger partial charge in [-0.1, -0.05) is 36.4 Å². The average molecular weight is 431 g/mol. The van der Waals surface area contributed by atoms with Crippen molar-refractivity contribution in [2.24, 2.45) is 0 Å². The maximum absolute atomic E-state index is 13.6. The lowest BCUT2D eigenvalue weighted by molar-refractivity contribution is -0.126. The van der Waals surface area contributed by atoms with Crippen molar-refractivity contribution < 1.29 is 19.1 Å². The van der Waals surface area contributed by atoms with Crippen molar-refractivity contribution in [2.45, 2.75) is 25.4 Å². The quantitative estimate of drug-likeness (QED) is 0.642. The molecule has 2 amide bonds. The summed E-state index contributed by atoms with van der Waals surface area (Å²) in [5.74, 6) is 0.946. The Morgan fingerprint density at radius 1 is 0.969 bits per heavy atom. The number of hydrogen-bond donors (Lipinski definition) is 1. The molecule has 32 heavy (non-hydrogen) atoms. The van der Waals surface area contributed by atoms with Gasteiger partial charge < -0.3 is 14.8 Å². The van der Waals surface area contributed by atoms with E-state index in [-0.39, 0.29) is 11.8 Å². The van der Waals surface area contributed by atoms with Gasteiger partial charge in [-0.2, -0.15) is 0 Å². The zero-order valence-electron chi connectivity index (χ0n) is 18.4. The highest BCUT2D eigenvalue weighted by Crippen LogP contribution is 2.36. The topological polar surface area (TPSA) is 67.9 Å². The van der Waals surface area contributed by atoms with Gasteiger partial charge in [0.1, 0.15) is 17.0 Å². The third-order valence-electron chi connectivity index (χ3n) is 5.89. The molecule has 0 fully saturated rings. The standard InChI is InChI=1S/C26H26N2O4/c1-26(25(30)27-17-18-11-13-21(31-2)14-12-18)16-19-7-4-5-10-23(19)24(29)28(26)20-8-6-9-22(15-20)32-3/h4-15H,16-17H2,1-3H3,(H,27,30). The molecule has 1 N–H and O–H groups in total. The number of carbonyl (C=O) groups is 2. The van der Waals surface area contributed by atoms with E-state index in [0.717, 1.165) is 16.9 Å². The molecule has 0 aliphatic carbocycles. The largest absolute Gasteiger partial charge is 0.497 e. The van der Waals surface area contributed by atoms with Gasteiger partial charge in [-0.05, 0) is 48.4 Å². The van der Waals surface area contributed by atoms with Gasteiger partial charge in [-0.3, -0.25) is 14.5 Å². The SMILES string of the molecule is COc1ccc(CNC(=O)C2(C)Cc3ccccc3C(=O)N2c2cccc(OC)c2)cc1. The minimum atomic E-state index is -1.11. The van der Waals surface area contributed by atoms with E-state index in [1.807, 2.05) is 67.6 Å². The van der Waals surface area contributed by atoms with Crippen LogP contribution in [0.2, 0.25) is 0 Å². The summed E-state index contributed by atoms with van der Waals surface area (Å²) in [6.07, 6.45) is 0.403. The van der Waals surface area contributed by atoms with Crippen LogP contribution in [0.5, 0.6) is 11.5 Å². The molecule has 6 nitrogen and oxygen atoms in total. The van der Waals surface area contributed by atoms with E-state index in [1.165, 1.54) is 0 Å². The first-order valence-corrected chi connectivity index (χ1v) is 10.4. The third kappa shape index (κ3) is 3.91. The molecule has 4 rings (SSSR count). The molecule has 164 valence electrons. The van der Waals surface area contributed by atoms with Crippen molar-refractivity contribution in [1.82, 2.24) is 5.32 Å². The fourth-order valence-corrected chi connectivity index (χ4v) is 4.13. The fourth-order valence-electron chi connectivity index (χ4n) is 4.13.